The van der Waals surface area contributed by atoms with E-state index in [1.807, 2.05) is 13.0 Å². The first kappa shape index (κ1) is 22.0. The van der Waals surface area contributed by atoms with Crippen LogP contribution in [-0.4, -0.2) is 52.6 Å². The van der Waals surface area contributed by atoms with Gasteiger partial charge in [-0.2, -0.15) is 0 Å². The Balaban J connectivity index is 0.00000312. The SMILES string of the molecule is CCNC(=NCCCS(C)(=O)=O)NCCc1ccc2c(c1)CCO2.I. The zero-order valence-electron chi connectivity index (χ0n) is 14.9. The zero-order chi connectivity index (χ0) is 17.4. The predicted octanol–water partition coefficient (Wildman–Crippen LogP) is 1.77. The van der Waals surface area contributed by atoms with Crippen LogP contribution in [0.4, 0.5) is 0 Å². The van der Waals surface area contributed by atoms with Crippen molar-refractivity contribution in [2.45, 2.75) is 26.2 Å². The lowest BCUT2D eigenvalue weighted by molar-refractivity contribution is 0.357. The van der Waals surface area contributed by atoms with Crippen LogP contribution in [0.15, 0.2) is 23.2 Å². The summed E-state index contributed by atoms with van der Waals surface area (Å²) >= 11 is 0. The largest absolute Gasteiger partial charge is 0.493 e. The molecule has 1 heterocycles. The third-order valence-corrected chi connectivity index (χ3v) is 4.78. The molecule has 2 N–H and O–H groups in total. The summed E-state index contributed by atoms with van der Waals surface area (Å²) < 4.78 is 27.8. The molecule has 0 radical (unpaired) electrons. The lowest BCUT2D eigenvalue weighted by atomic mass is 10.1. The molecule has 142 valence electrons. The van der Waals surface area contributed by atoms with E-state index in [0.717, 1.165) is 44.2 Å². The van der Waals surface area contributed by atoms with E-state index in [-0.39, 0.29) is 29.7 Å². The number of ether oxygens (including phenoxy) is 1. The highest BCUT2D eigenvalue weighted by Crippen LogP contribution is 2.25. The Kier molecular flexibility index (Phi) is 9.55. The Morgan fingerprint density at radius 1 is 1.32 bits per heavy atom. The van der Waals surface area contributed by atoms with Gasteiger partial charge in [0.25, 0.3) is 0 Å². The number of guanidine groups is 1. The average molecular weight is 481 g/mol. The van der Waals surface area contributed by atoms with Gasteiger partial charge in [-0.05, 0) is 37.0 Å². The van der Waals surface area contributed by atoms with Crippen molar-refractivity contribution in [3.63, 3.8) is 0 Å². The average Bonchev–Trinajstić information content (AvgIpc) is 2.98. The van der Waals surface area contributed by atoms with Crippen LogP contribution in [0, 0.1) is 0 Å². The van der Waals surface area contributed by atoms with E-state index < -0.39 is 9.84 Å². The molecule has 1 aliphatic rings. The monoisotopic (exact) mass is 481 g/mol. The van der Waals surface area contributed by atoms with Crippen molar-refractivity contribution in [3.05, 3.63) is 29.3 Å². The van der Waals surface area contributed by atoms with E-state index in [9.17, 15) is 8.42 Å². The molecule has 6 nitrogen and oxygen atoms in total. The number of rotatable bonds is 8. The first-order valence-electron chi connectivity index (χ1n) is 8.42. The van der Waals surface area contributed by atoms with Gasteiger partial charge in [0, 0.05) is 32.3 Å². The number of aliphatic imine (C=N–C) groups is 1. The minimum atomic E-state index is -2.91. The molecule has 0 fully saturated rings. The molecule has 25 heavy (non-hydrogen) atoms. The lowest BCUT2D eigenvalue weighted by Gasteiger charge is -2.11. The molecule has 2 rings (SSSR count). The first-order valence-corrected chi connectivity index (χ1v) is 10.5. The molecular weight excluding hydrogens is 453 g/mol. The highest BCUT2D eigenvalue weighted by molar-refractivity contribution is 14.0. The smallest absolute Gasteiger partial charge is 0.191 e. The fourth-order valence-electron chi connectivity index (χ4n) is 2.58. The maximum atomic E-state index is 11.1. The summed E-state index contributed by atoms with van der Waals surface area (Å²) in [5.41, 5.74) is 2.56. The highest BCUT2D eigenvalue weighted by atomic mass is 127. The molecule has 1 aromatic rings. The van der Waals surface area contributed by atoms with Gasteiger partial charge in [-0.1, -0.05) is 12.1 Å². The van der Waals surface area contributed by atoms with Crippen molar-refractivity contribution < 1.29 is 13.2 Å². The van der Waals surface area contributed by atoms with Gasteiger partial charge in [-0.15, -0.1) is 24.0 Å². The van der Waals surface area contributed by atoms with E-state index in [1.54, 1.807) is 0 Å². The van der Waals surface area contributed by atoms with Crippen molar-refractivity contribution in [3.8, 4) is 5.75 Å². The van der Waals surface area contributed by atoms with Crippen molar-refractivity contribution in [2.75, 3.05) is 38.2 Å². The highest BCUT2D eigenvalue weighted by Gasteiger charge is 2.11. The van der Waals surface area contributed by atoms with Gasteiger partial charge in [0.05, 0.1) is 12.4 Å². The van der Waals surface area contributed by atoms with E-state index in [4.69, 9.17) is 4.74 Å². The minimum absolute atomic E-state index is 0. The molecule has 0 atom stereocenters. The molecule has 1 aliphatic heterocycles. The van der Waals surface area contributed by atoms with Crippen LogP contribution in [0.2, 0.25) is 0 Å². The third-order valence-electron chi connectivity index (χ3n) is 3.75. The standard InChI is InChI=1S/C17H27N3O3S.HI/c1-3-18-17(19-9-4-12-24(2,21)22)20-10-7-14-5-6-16-15(13-14)8-11-23-16;/h5-6,13H,3-4,7-12H2,1-2H3,(H2,18,19,20);1H. The number of sulfone groups is 1. The topological polar surface area (TPSA) is 79.8 Å². The summed E-state index contributed by atoms with van der Waals surface area (Å²) in [4.78, 5) is 4.42. The molecule has 8 heteroatoms. The second-order valence-electron chi connectivity index (χ2n) is 5.96. The predicted molar refractivity (Wildman–Crippen MR) is 113 cm³/mol. The molecule has 0 amide bonds. The number of nitrogens with one attached hydrogen (secondary N) is 2. The molecule has 0 saturated heterocycles. The van der Waals surface area contributed by atoms with Crippen LogP contribution in [0.3, 0.4) is 0 Å². The van der Waals surface area contributed by atoms with Crippen molar-refractivity contribution >= 4 is 39.8 Å². The van der Waals surface area contributed by atoms with E-state index in [0.29, 0.717) is 13.0 Å². The second kappa shape index (κ2) is 10.8. The van der Waals surface area contributed by atoms with Gasteiger partial charge in [0.1, 0.15) is 15.6 Å². The van der Waals surface area contributed by atoms with Crippen molar-refractivity contribution in [2.24, 2.45) is 4.99 Å². The Bertz CT molecular complexity index is 678. The van der Waals surface area contributed by atoms with Gasteiger partial charge < -0.3 is 15.4 Å². The maximum absolute atomic E-state index is 11.1. The zero-order valence-corrected chi connectivity index (χ0v) is 18.0. The molecule has 1 aromatic carbocycles. The van der Waals surface area contributed by atoms with Crippen molar-refractivity contribution in [1.29, 1.82) is 0 Å². The second-order valence-corrected chi connectivity index (χ2v) is 8.22. The number of benzene rings is 1. The van der Waals surface area contributed by atoms with Crippen LogP contribution >= 0.6 is 24.0 Å². The van der Waals surface area contributed by atoms with Gasteiger partial charge in [0.2, 0.25) is 0 Å². The summed E-state index contributed by atoms with van der Waals surface area (Å²) in [5.74, 6) is 1.91. The summed E-state index contributed by atoms with van der Waals surface area (Å²) in [6, 6.07) is 6.35. The molecule has 0 saturated carbocycles. The third kappa shape index (κ3) is 8.26. The Labute approximate surface area is 167 Å². The van der Waals surface area contributed by atoms with Gasteiger partial charge in [0.15, 0.2) is 5.96 Å². The van der Waals surface area contributed by atoms with E-state index in [2.05, 4.69) is 27.8 Å². The fraction of sp³-hybridized carbons (Fsp3) is 0.588. The maximum Gasteiger partial charge on any atom is 0.191 e. The summed E-state index contributed by atoms with van der Waals surface area (Å²) in [5, 5.41) is 6.47. The molecule has 0 aromatic heterocycles. The molecule has 0 unspecified atom stereocenters. The van der Waals surface area contributed by atoms with Crippen LogP contribution in [0.1, 0.15) is 24.5 Å². The fourth-order valence-corrected chi connectivity index (χ4v) is 3.23. The number of nitrogens with zero attached hydrogens (tertiary/aromatic N) is 1. The number of halogens is 1. The normalized spacial score (nSPS) is 13.6. The minimum Gasteiger partial charge on any atom is -0.493 e. The quantitative estimate of drug-likeness (QED) is 0.256. The first-order chi connectivity index (χ1) is 11.5. The Hall–Kier alpha value is -1.03. The Morgan fingerprint density at radius 3 is 2.84 bits per heavy atom. The van der Waals surface area contributed by atoms with E-state index in [1.165, 1.54) is 17.4 Å². The lowest BCUT2D eigenvalue weighted by Crippen LogP contribution is -2.38. The van der Waals surface area contributed by atoms with Crippen LogP contribution in [0.5, 0.6) is 5.75 Å². The van der Waals surface area contributed by atoms with Gasteiger partial charge >= 0.3 is 0 Å². The van der Waals surface area contributed by atoms with Crippen LogP contribution in [0.25, 0.3) is 0 Å². The molecule has 0 bridgehead atoms. The van der Waals surface area contributed by atoms with Gasteiger partial charge in [-0.25, -0.2) is 8.42 Å². The number of hydrogen-bond acceptors (Lipinski definition) is 4. The molecule has 0 spiro atoms. The van der Waals surface area contributed by atoms with Gasteiger partial charge in [-0.3, -0.25) is 4.99 Å². The Morgan fingerprint density at radius 2 is 2.12 bits per heavy atom. The summed E-state index contributed by atoms with van der Waals surface area (Å²) in [6.07, 6.45) is 3.68. The van der Waals surface area contributed by atoms with Crippen LogP contribution < -0.4 is 15.4 Å². The van der Waals surface area contributed by atoms with Crippen LogP contribution in [-0.2, 0) is 22.7 Å². The molecular formula is C17H28IN3O3S. The summed E-state index contributed by atoms with van der Waals surface area (Å²) in [7, 11) is -2.91. The van der Waals surface area contributed by atoms with E-state index >= 15 is 0 Å². The number of hydrogen-bond donors (Lipinski definition) is 2. The van der Waals surface area contributed by atoms with Crippen molar-refractivity contribution in [1.82, 2.24) is 10.6 Å². The summed E-state index contributed by atoms with van der Waals surface area (Å²) in [6.45, 7) is 4.83. The number of fused-ring (bicyclic) bond motifs is 1. The molecule has 0 aliphatic carbocycles.